The van der Waals surface area contributed by atoms with Crippen molar-refractivity contribution in [2.24, 2.45) is 0 Å². The smallest absolute Gasteiger partial charge is 0.136 e. The Labute approximate surface area is 115 Å². The first-order chi connectivity index (χ1) is 9.22. The molecule has 2 rings (SSSR count). The van der Waals surface area contributed by atoms with E-state index in [9.17, 15) is 0 Å². The molecular formula is C15H21N3O. The van der Waals surface area contributed by atoms with Gasteiger partial charge in [0, 0.05) is 12.6 Å². The van der Waals surface area contributed by atoms with Crippen LogP contribution in [0.3, 0.4) is 0 Å². The van der Waals surface area contributed by atoms with Gasteiger partial charge in [0.05, 0.1) is 12.7 Å². The molecule has 4 nitrogen and oxygen atoms in total. The number of ether oxygens (including phenoxy) is 1. The first-order valence-electron chi connectivity index (χ1n) is 6.72. The van der Waals surface area contributed by atoms with Crippen LogP contribution in [-0.2, 0) is 6.54 Å². The Bertz CT molecular complexity index is 459. The molecule has 0 spiro atoms. The summed E-state index contributed by atoms with van der Waals surface area (Å²) in [4.78, 5) is 2.36. The first-order valence-corrected chi connectivity index (χ1v) is 6.72. The summed E-state index contributed by atoms with van der Waals surface area (Å²) >= 11 is 0. The van der Waals surface area contributed by atoms with E-state index in [-0.39, 0.29) is 0 Å². The molecule has 1 heterocycles. The second-order valence-corrected chi connectivity index (χ2v) is 5.10. The van der Waals surface area contributed by atoms with Crippen LogP contribution in [0.15, 0.2) is 18.2 Å². The highest BCUT2D eigenvalue weighted by Crippen LogP contribution is 2.19. The third-order valence-electron chi connectivity index (χ3n) is 3.70. The summed E-state index contributed by atoms with van der Waals surface area (Å²) in [6, 6.07) is 8.49. The van der Waals surface area contributed by atoms with Gasteiger partial charge in [-0.05, 0) is 50.7 Å². The van der Waals surface area contributed by atoms with Gasteiger partial charge >= 0.3 is 0 Å². The Hall–Kier alpha value is -1.57. The summed E-state index contributed by atoms with van der Waals surface area (Å²) in [6.45, 7) is 3.15. The van der Waals surface area contributed by atoms with E-state index in [2.05, 4.69) is 23.3 Å². The van der Waals surface area contributed by atoms with Gasteiger partial charge in [0.25, 0.3) is 0 Å². The molecular weight excluding hydrogens is 238 g/mol. The van der Waals surface area contributed by atoms with E-state index in [1.54, 1.807) is 7.11 Å². The predicted octanol–water partition coefficient (Wildman–Crippen LogP) is 1.75. The lowest BCUT2D eigenvalue weighted by atomic mass is 10.0. The molecule has 0 radical (unpaired) electrons. The number of benzene rings is 1. The van der Waals surface area contributed by atoms with Crippen LogP contribution in [0.1, 0.15) is 24.0 Å². The number of rotatable bonds is 4. The van der Waals surface area contributed by atoms with Gasteiger partial charge in [0.2, 0.25) is 0 Å². The normalized spacial score (nSPS) is 17.1. The van der Waals surface area contributed by atoms with Gasteiger partial charge in [-0.15, -0.1) is 0 Å². The van der Waals surface area contributed by atoms with Crippen molar-refractivity contribution < 1.29 is 4.74 Å². The molecule has 1 aromatic carbocycles. The maximum atomic E-state index is 8.95. The van der Waals surface area contributed by atoms with Crippen LogP contribution in [0.2, 0.25) is 0 Å². The number of hydrogen-bond acceptors (Lipinski definition) is 4. The van der Waals surface area contributed by atoms with E-state index in [4.69, 9.17) is 10.00 Å². The fourth-order valence-corrected chi connectivity index (χ4v) is 2.41. The third kappa shape index (κ3) is 3.69. The highest BCUT2D eigenvalue weighted by Gasteiger charge is 2.15. The third-order valence-corrected chi connectivity index (χ3v) is 3.70. The van der Waals surface area contributed by atoms with Crippen molar-refractivity contribution in [2.45, 2.75) is 25.4 Å². The van der Waals surface area contributed by atoms with Crippen molar-refractivity contribution >= 4 is 0 Å². The summed E-state index contributed by atoms with van der Waals surface area (Å²) in [6.07, 6.45) is 2.40. The van der Waals surface area contributed by atoms with E-state index in [0.717, 1.165) is 25.2 Å². The van der Waals surface area contributed by atoms with Gasteiger partial charge in [0.15, 0.2) is 0 Å². The molecule has 1 aliphatic rings. The van der Waals surface area contributed by atoms with Crippen LogP contribution >= 0.6 is 0 Å². The number of methoxy groups -OCH3 is 1. The molecule has 0 aliphatic carbocycles. The molecule has 1 fully saturated rings. The van der Waals surface area contributed by atoms with Crippen molar-refractivity contribution in [3.8, 4) is 11.8 Å². The summed E-state index contributed by atoms with van der Waals surface area (Å²) in [5.74, 6) is 0.658. The quantitative estimate of drug-likeness (QED) is 0.895. The van der Waals surface area contributed by atoms with Gasteiger partial charge in [-0.2, -0.15) is 5.26 Å². The number of nitrogens with zero attached hydrogens (tertiary/aromatic N) is 2. The number of nitriles is 1. The fraction of sp³-hybridized carbons (Fsp3) is 0.533. The number of piperidine rings is 1. The Morgan fingerprint density at radius 1 is 1.42 bits per heavy atom. The summed E-state index contributed by atoms with van der Waals surface area (Å²) in [7, 11) is 3.77. The summed E-state index contributed by atoms with van der Waals surface area (Å²) in [5.41, 5.74) is 1.75. The molecule has 19 heavy (non-hydrogen) atoms. The maximum absolute atomic E-state index is 8.95. The highest BCUT2D eigenvalue weighted by molar-refractivity contribution is 5.45. The Kier molecular flexibility index (Phi) is 4.78. The lowest BCUT2D eigenvalue weighted by molar-refractivity contribution is 0.234. The van der Waals surface area contributed by atoms with Crippen LogP contribution in [-0.4, -0.2) is 38.2 Å². The monoisotopic (exact) mass is 259 g/mol. The number of hydrogen-bond donors (Lipinski definition) is 1. The topological polar surface area (TPSA) is 48.3 Å². The van der Waals surface area contributed by atoms with E-state index < -0.39 is 0 Å². The molecule has 102 valence electrons. The molecule has 1 aromatic rings. The molecule has 0 aromatic heterocycles. The van der Waals surface area contributed by atoms with Gasteiger partial charge in [-0.3, -0.25) is 0 Å². The van der Waals surface area contributed by atoms with E-state index in [0.29, 0.717) is 17.4 Å². The SMILES string of the molecule is COc1cc(CNC2CCN(C)CC2)ccc1C#N. The number of nitrogens with one attached hydrogen (secondary N) is 1. The standard InChI is InChI=1S/C15H21N3O/c1-18-7-5-14(6-8-18)17-11-12-3-4-13(10-16)15(9-12)19-2/h3-4,9,14,17H,5-8,11H2,1-2H3. The van der Waals surface area contributed by atoms with Crippen molar-refractivity contribution in [1.82, 2.24) is 10.2 Å². The van der Waals surface area contributed by atoms with Crippen molar-refractivity contribution in [3.05, 3.63) is 29.3 Å². The zero-order valence-electron chi connectivity index (χ0n) is 11.6. The molecule has 1 saturated heterocycles. The second kappa shape index (κ2) is 6.55. The van der Waals surface area contributed by atoms with E-state index in [1.165, 1.54) is 12.8 Å². The molecule has 4 heteroatoms. The number of likely N-dealkylation sites (tertiary alicyclic amines) is 1. The van der Waals surface area contributed by atoms with Crippen LogP contribution in [0.25, 0.3) is 0 Å². The van der Waals surface area contributed by atoms with Gasteiger partial charge in [-0.1, -0.05) is 6.07 Å². The van der Waals surface area contributed by atoms with Gasteiger partial charge in [0.1, 0.15) is 11.8 Å². The van der Waals surface area contributed by atoms with Crippen LogP contribution in [0, 0.1) is 11.3 Å². The predicted molar refractivity (Wildman–Crippen MR) is 75.1 cm³/mol. The van der Waals surface area contributed by atoms with Crippen molar-refractivity contribution in [1.29, 1.82) is 5.26 Å². The molecule has 0 unspecified atom stereocenters. The molecule has 0 amide bonds. The first kappa shape index (κ1) is 13.9. The minimum absolute atomic E-state index is 0.588. The van der Waals surface area contributed by atoms with Crippen LogP contribution in [0.4, 0.5) is 0 Å². The summed E-state index contributed by atoms with van der Waals surface area (Å²) in [5, 5.41) is 12.5. The highest BCUT2D eigenvalue weighted by atomic mass is 16.5. The zero-order chi connectivity index (χ0) is 13.7. The molecule has 1 N–H and O–H groups in total. The Morgan fingerprint density at radius 3 is 2.79 bits per heavy atom. The Balaban J connectivity index is 1.91. The van der Waals surface area contributed by atoms with Gasteiger partial charge < -0.3 is 15.0 Å². The van der Waals surface area contributed by atoms with E-state index in [1.807, 2.05) is 18.2 Å². The second-order valence-electron chi connectivity index (χ2n) is 5.10. The maximum Gasteiger partial charge on any atom is 0.136 e. The summed E-state index contributed by atoms with van der Waals surface area (Å²) < 4.78 is 5.23. The zero-order valence-corrected chi connectivity index (χ0v) is 11.6. The molecule has 0 atom stereocenters. The fourth-order valence-electron chi connectivity index (χ4n) is 2.41. The minimum atomic E-state index is 0.588. The average Bonchev–Trinajstić information content (AvgIpc) is 2.46. The molecule has 0 bridgehead atoms. The molecule has 0 saturated carbocycles. The molecule has 1 aliphatic heterocycles. The Morgan fingerprint density at radius 2 is 2.16 bits per heavy atom. The van der Waals surface area contributed by atoms with E-state index >= 15 is 0 Å². The van der Waals surface area contributed by atoms with Crippen LogP contribution < -0.4 is 10.1 Å². The minimum Gasteiger partial charge on any atom is -0.495 e. The lowest BCUT2D eigenvalue weighted by Gasteiger charge is -2.29. The van der Waals surface area contributed by atoms with Crippen molar-refractivity contribution in [3.63, 3.8) is 0 Å². The largest absolute Gasteiger partial charge is 0.495 e. The van der Waals surface area contributed by atoms with Crippen molar-refractivity contribution in [2.75, 3.05) is 27.2 Å². The average molecular weight is 259 g/mol. The lowest BCUT2D eigenvalue weighted by Crippen LogP contribution is -2.40. The van der Waals surface area contributed by atoms with Crippen LogP contribution in [0.5, 0.6) is 5.75 Å². The van der Waals surface area contributed by atoms with Gasteiger partial charge in [-0.25, -0.2) is 0 Å².